The average Bonchev–Trinajstić information content (AvgIpc) is 2.50. The Bertz CT molecular complexity index is 345. The normalized spacial score (nSPS) is 9.79. The van der Waals surface area contributed by atoms with Crippen molar-refractivity contribution in [1.82, 2.24) is 15.5 Å². The zero-order chi connectivity index (χ0) is 10.6. The van der Waals surface area contributed by atoms with E-state index in [-0.39, 0.29) is 18.9 Å². The molecule has 0 saturated carbocycles. The van der Waals surface area contributed by atoms with Crippen LogP contribution >= 0.6 is 0 Å². The van der Waals surface area contributed by atoms with Crippen LogP contribution < -0.4 is 11.1 Å². The van der Waals surface area contributed by atoms with E-state index in [1.807, 2.05) is 0 Å². The number of primary amides is 1. The summed E-state index contributed by atoms with van der Waals surface area (Å²) in [5.41, 5.74) is 6.10. The SMILES string of the molecule is Cc1[nH]ncc1C(=O)NCCC(N)=O. The summed E-state index contributed by atoms with van der Waals surface area (Å²) in [6.45, 7) is 1.99. The summed E-state index contributed by atoms with van der Waals surface area (Å²) >= 11 is 0. The van der Waals surface area contributed by atoms with Gasteiger partial charge in [-0.2, -0.15) is 5.10 Å². The summed E-state index contributed by atoms with van der Waals surface area (Å²) in [6.07, 6.45) is 1.58. The Morgan fingerprint density at radius 2 is 2.36 bits per heavy atom. The van der Waals surface area contributed by atoms with Gasteiger partial charge in [0.1, 0.15) is 0 Å². The smallest absolute Gasteiger partial charge is 0.254 e. The molecule has 4 N–H and O–H groups in total. The van der Waals surface area contributed by atoms with E-state index in [0.29, 0.717) is 11.3 Å². The van der Waals surface area contributed by atoms with Crippen molar-refractivity contribution in [3.63, 3.8) is 0 Å². The Balaban J connectivity index is 2.44. The number of aromatic nitrogens is 2. The fourth-order valence-corrected chi connectivity index (χ4v) is 0.974. The Morgan fingerprint density at radius 3 is 2.86 bits per heavy atom. The molecule has 0 aromatic carbocycles. The van der Waals surface area contributed by atoms with Crippen molar-refractivity contribution in [3.8, 4) is 0 Å². The van der Waals surface area contributed by atoms with Crippen molar-refractivity contribution >= 4 is 11.8 Å². The molecule has 0 fully saturated rings. The first-order chi connectivity index (χ1) is 6.61. The zero-order valence-electron chi connectivity index (χ0n) is 7.83. The number of aryl methyl sites for hydroxylation is 1. The van der Waals surface area contributed by atoms with E-state index in [2.05, 4.69) is 15.5 Å². The van der Waals surface area contributed by atoms with Crippen molar-refractivity contribution in [1.29, 1.82) is 0 Å². The molecule has 6 nitrogen and oxygen atoms in total. The van der Waals surface area contributed by atoms with E-state index in [0.717, 1.165) is 0 Å². The molecule has 0 bridgehead atoms. The van der Waals surface area contributed by atoms with Crippen molar-refractivity contribution in [3.05, 3.63) is 17.5 Å². The Morgan fingerprint density at radius 1 is 1.64 bits per heavy atom. The zero-order valence-corrected chi connectivity index (χ0v) is 7.83. The Labute approximate surface area is 80.9 Å². The summed E-state index contributed by atoms with van der Waals surface area (Å²) in [7, 11) is 0. The second-order valence-corrected chi connectivity index (χ2v) is 2.88. The molecule has 0 aliphatic carbocycles. The lowest BCUT2D eigenvalue weighted by Crippen LogP contribution is -2.28. The lowest BCUT2D eigenvalue weighted by Gasteiger charge is -2.01. The monoisotopic (exact) mass is 196 g/mol. The molecule has 2 amide bonds. The van der Waals surface area contributed by atoms with Crippen LogP contribution in [0.25, 0.3) is 0 Å². The molecule has 0 spiro atoms. The van der Waals surface area contributed by atoms with Crippen molar-refractivity contribution in [2.75, 3.05) is 6.54 Å². The number of hydrogen-bond acceptors (Lipinski definition) is 3. The number of carbonyl (C=O) groups excluding carboxylic acids is 2. The van der Waals surface area contributed by atoms with E-state index in [1.54, 1.807) is 6.92 Å². The summed E-state index contributed by atoms with van der Waals surface area (Å²) in [4.78, 5) is 21.8. The third kappa shape index (κ3) is 2.58. The van der Waals surface area contributed by atoms with Crippen LogP contribution in [0.5, 0.6) is 0 Å². The molecule has 0 radical (unpaired) electrons. The number of nitrogens with zero attached hydrogens (tertiary/aromatic N) is 1. The molecule has 1 rings (SSSR count). The van der Waals surface area contributed by atoms with E-state index in [1.165, 1.54) is 6.20 Å². The minimum absolute atomic E-state index is 0.142. The fourth-order valence-electron chi connectivity index (χ4n) is 0.974. The standard InChI is InChI=1S/C8H12N4O2/c1-5-6(4-11-12-5)8(14)10-3-2-7(9)13/h4H,2-3H2,1H3,(H2,9,13)(H,10,14)(H,11,12). The van der Waals surface area contributed by atoms with Gasteiger partial charge in [-0.05, 0) is 6.92 Å². The highest BCUT2D eigenvalue weighted by atomic mass is 16.2. The number of H-pyrrole nitrogens is 1. The molecule has 14 heavy (non-hydrogen) atoms. The number of nitrogens with two attached hydrogens (primary N) is 1. The van der Waals surface area contributed by atoms with Gasteiger partial charge in [0.25, 0.3) is 5.91 Å². The molecule has 0 aliphatic rings. The molecule has 0 atom stereocenters. The van der Waals surface area contributed by atoms with Crippen LogP contribution in [0.1, 0.15) is 22.5 Å². The lowest BCUT2D eigenvalue weighted by atomic mass is 10.2. The summed E-state index contributed by atoms with van der Waals surface area (Å²) in [5, 5.41) is 8.91. The highest BCUT2D eigenvalue weighted by Crippen LogP contribution is 2.01. The van der Waals surface area contributed by atoms with E-state index in [9.17, 15) is 9.59 Å². The van der Waals surface area contributed by atoms with Gasteiger partial charge in [0.2, 0.25) is 5.91 Å². The van der Waals surface area contributed by atoms with Crippen LogP contribution in [0.3, 0.4) is 0 Å². The number of carbonyl (C=O) groups is 2. The van der Waals surface area contributed by atoms with E-state index < -0.39 is 5.91 Å². The topological polar surface area (TPSA) is 101 Å². The van der Waals surface area contributed by atoms with Gasteiger partial charge in [0.05, 0.1) is 11.8 Å². The molecule has 1 aromatic rings. The van der Waals surface area contributed by atoms with Crippen LogP contribution in [0.15, 0.2) is 6.20 Å². The predicted molar refractivity (Wildman–Crippen MR) is 49.5 cm³/mol. The van der Waals surface area contributed by atoms with Crippen molar-refractivity contribution in [2.45, 2.75) is 13.3 Å². The van der Waals surface area contributed by atoms with Gasteiger partial charge >= 0.3 is 0 Å². The first-order valence-electron chi connectivity index (χ1n) is 4.17. The van der Waals surface area contributed by atoms with Crippen LogP contribution in [0, 0.1) is 6.92 Å². The molecule has 76 valence electrons. The van der Waals surface area contributed by atoms with Gasteiger partial charge in [0.15, 0.2) is 0 Å². The van der Waals surface area contributed by atoms with E-state index in [4.69, 9.17) is 5.73 Å². The van der Waals surface area contributed by atoms with Crippen LogP contribution in [-0.2, 0) is 4.79 Å². The van der Waals surface area contributed by atoms with Crippen LogP contribution in [0.4, 0.5) is 0 Å². The molecule has 1 heterocycles. The van der Waals surface area contributed by atoms with Gasteiger partial charge in [-0.15, -0.1) is 0 Å². The molecule has 1 aromatic heterocycles. The Kier molecular flexibility index (Phi) is 3.22. The van der Waals surface area contributed by atoms with Gasteiger partial charge in [0, 0.05) is 18.7 Å². The minimum atomic E-state index is -0.436. The maximum Gasteiger partial charge on any atom is 0.254 e. The minimum Gasteiger partial charge on any atom is -0.370 e. The highest BCUT2D eigenvalue weighted by molar-refractivity contribution is 5.95. The Hall–Kier alpha value is -1.85. The second kappa shape index (κ2) is 4.40. The van der Waals surface area contributed by atoms with Crippen LogP contribution in [0.2, 0.25) is 0 Å². The molecule has 6 heteroatoms. The number of amides is 2. The highest BCUT2D eigenvalue weighted by Gasteiger charge is 2.09. The number of nitrogens with one attached hydrogen (secondary N) is 2. The summed E-state index contributed by atoms with van der Waals surface area (Å²) in [5.74, 6) is -0.688. The summed E-state index contributed by atoms with van der Waals surface area (Å²) < 4.78 is 0. The molecule has 0 aliphatic heterocycles. The van der Waals surface area contributed by atoms with Gasteiger partial charge in [-0.1, -0.05) is 0 Å². The van der Waals surface area contributed by atoms with Gasteiger partial charge in [-0.25, -0.2) is 0 Å². The maximum atomic E-state index is 11.4. The maximum absolute atomic E-state index is 11.4. The predicted octanol–water partition coefficient (Wildman–Crippen LogP) is -0.677. The van der Waals surface area contributed by atoms with E-state index >= 15 is 0 Å². The molecule has 0 saturated heterocycles. The summed E-state index contributed by atoms with van der Waals surface area (Å²) in [6, 6.07) is 0. The molecule has 0 unspecified atom stereocenters. The first-order valence-corrected chi connectivity index (χ1v) is 4.17. The third-order valence-electron chi connectivity index (χ3n) is 1.73. The number of rotatable bonds is 4. The second-order valence-electron chi connectivity index (χ2n) is 2.88. The van der Waals surface area contributed by atoms with Gasteiger partial charge < -0.3 is 11.1 Å². The number of hydrogen-bond donors (Lipinski definition) is 3. The van der Waals surface area contributed by atoms with Crippen molar-refractivity contribution < 1.29 is 9.59 Å². The molecular formula is C8H12N4O2. The fraction of sp³-hybridized carbons (Fsp3) is 0.375. The lowest BCUT2D eigenvalue weighted by molar-refractivity contribution is -0.117. The third-order valence-corrected chi connectivity index (χ3v) is 1.73. The van der Waals surface area contributed by atoms with Crippen LogP contribution in [-0.4, -0.2) is 28.6 Å². The molecular weight excluding hydrogens is 184 g/mol. The van der Waals surface area contributed by atoms with Gasteiger partial charge in [-0.3, -0.25) is 14.7 Å². The quantitative estimate of drug-likeness (QED) is 0.594. The van der Waals surface area contributed by atoms with Crippen molar-refractivity contribution in [2.24, 2.45) is 5.73 Å². The average molecular weight is 196 g/mol. The first kappa shape index (κ1) is 10.2. The number of aromatic amines is 1. The largest absolute Gasteiger partial charge is 0.370 e.